The van der Waals surface area contributed by atoms with E-state index in [1.165, 1.54) is 29.5 Å². The molecule has 0 saturated heterocycles. The number of fused-ring (bicyclic) bond motifs is 2. The van der Waals surface area contributed by atoms with Crippen LogP contribution in [0.15, 0.2) is 100 Å². The lowest BCUT2D eigenvalue weighted by atomic mass is 9.87. The van der Waals surface area contributed by atoms with Crippen LogP contribution in [-0.2, 0) is 12.6 Å². The van der Waals surface area contributed by atoms with Crippen molar-refractivity contribution < 1.29 is 36.8 Å². The van der Waals surface area contributed by atoms with E-state index in [4.69, 9.17) is 25.6 Å². The number of carbonyl (C=O) groups excluding carboxylic acids is 2. The Morgan fingerprint density at radius 1 is 0.942 bits per heavy atom. The number of thiophene rings is 1. The topological polar surface area (TPSA) is 81.9 Å². The second-order valence-electron chi connectivity index (χ2n) is 12.0. The number of aromatic nitrogens is 1. The van der Waals surface area contributed by atoms with Crippen molar-refractivity contribution in [3.8, 4) is 11.5 Å². The van der Waals surface area contributed by atoms with Crippen LogP contribution in [0.1, 0.15) is 59.8 Å². The van der Waals surface area contributed by atoms with Gasteiger partial charge < -0.3 is 18.9 Å². The second kappa shape index (κ2) is 15.4. The molecule has 2 aromatic heterocycles. The maximum Gasteiger partial charge on any atom is 0.416 e. The maximum atomic E-state index is 13.9. The van der Waals surface area contributed by atoms with Crippen LogP contribution < -0.4 is 9.47 Å². The van der Waals surface area contributed by atoms with Gasteiger partial charge in [-0.3, -0.25) is 9.59 Å². The normalized spacial score (nSPS) is 14.0. The zero-order valence-electron chi connectivity index (χ0n) is 28.4. The molecule has 4 aromatic carbocycles. The van der Waals surface area contributed by atoms with Gasteiger partial charge >= 0.3 is 6.18 Å². The molecule has 3 heterocycles. The van der Waals surface area contributed by atoms with Crippen molar-refractivity contribution in [2.45, 2.75) is 37.4 Å². The van der Waals surface area contributed by atoms with Crippen LogP contribution in [0.4, 0.5) is 13.2 Å². The van der Waals surface area contributed by atoms with E-state index < -0.39 is 16.9 Å². The summed E-state index contributed by atoms with van der Waals surface area (Å²) in [7, 11) is 3.28. The average molecular weight is 765 g/mol. The fraction of sp³-hybridized carbons (Fsp3) is 0.205. The number of thioether (sulfide) groups is 1. The minimum Gasteiger partial charge on any atom is -0.493 e. The molecule has 0 spiro atoms. The standard InChI is InChI=1S/C27H24ClNO3S.C12H8F3NO2S/c1-16-7-6-8-18(13-16)25-20-15-22(32-3)21(31-2)14-17(20)11-12-29(25)27(30)26-24(28)19-9-4-5-10-23(19)33-26;1-7-5-10(16-18-7)11(17)19-9-4-2-3-8(6-9)12(13,14)15/h4-10,13-15,25H,11-12H2,1-3H3;2-6H,1H3. The van der Waals surface area contributed by atoms with Crippen LogP contribution in [-0.4, -0.2) is 41.8 Å². The van der Waals surface area contributed by atoms with Gasteiger partial charge in [0, 0.05) is 27.6 Å². The molecule has 1 aliphatic rings. The van der Waals surface area contributed by atoms with E-state index >= 15 is 0 Å². The van der Waals surface area contributed by atoms with E-state index in [0.29, 0.717) is 45.5 Å². The molecule has 13 heteroatoms. The summed E-state index contributed by atoms with van der Waals surface area (Å²) >= 11 is 8.84. The minimum atomic E-state index is -4.43. The fourth-order valence-electron chi connectivity index (χ4n) is 6.00. The number of ether oxygens (including phenoxy) is 2. The molecule has 1 unspecified atom stereocenters. The molecule has 0 bridgehead atoms. The molecule has 0 radical (unpaired) electrons. The SMILES string of the molecule is COc1cc2c(cc1OC)C(c1cccc(C)c1)N(C(=O)c1sc3ccccc3c1Cl)CC2.Cc1cc(C(=O)Sc2cccc(C(F)(F)F)c2)no1. The highest BCUT2D eigenvalue weighted by molar-refractivity contribution is 8.14. The molecule has 0 N–H and O–H groups in total. The van der Waals surface area contributed by atoms with Gasteiger partial charge in [0.2, 0.25) is 5.12 Å². The Morgan fingerprint density at radius 3 is 2.35 bits per heavy atom. The fourth-order valence-corrected chi connectivity index (χ4v) is 8.22. The van der Waals surface area contributed by atoms with E-state index in [1.807, 2.05) is 47.4 Å². The average Bonchev–Trinajstić information content (AvgIpc) is 3.73. The molecular weight excluding hydrogens is 733 g/mol. The van der Waals surface area contributed by atoms with E-state index in [-0.39, 0.29) is 22.5 Å². The predicted octanol–water partition coefficient (Wildman–Crippen LogP) is 10.6. The zero-order valence-corrected chi connectivity index (χ0v) is 30.8. The number of halogens is 4. The van der Waals surface area contributed by atoms with Gasteiger partial charge in [-0.25, -0.2) is 0 Å². The summed E-state index contributed by atoms with van der Waals surface area (Å²) in [5, 5.41) is 4.50. The summed E-state index contributed by atoms with van der Waals surface area (Å²) < 4.78 is 54.4. The second-order valence-corrected chi connectivity index (χ2v) is 14.4. The molecule has 0 aliphatic carbocycles. The molecule has 6 aromatic rings. The highest BCUT2D eigenvalue weighted by Crippen LogP contribution is 2.44. The Kier molecular flexibility index (Phi) is 11.0. The van der Waals surface area contributed by atoms with Crippen LogP contribution in [0.5, 0.6) is 11.5 Å². The number of nitrogens with zero attached hydrogens (tertiary/aromatic N) is 2. The van der Waals surface area contributed by atoms with Crippen LogP contribution in [0, 0.1) is 13.8 Å². The van der Waals surface area contributed by atoms with Crippen molar-refractivity contribution >= 4 is 55.8 Å². The third-order valence-electron chi connectivity index (χ3n) is 8.43. The monoisotopic (exact) mass is 764 g/mol. The summed E-state index contributed by atoms with van der Waals surface area (Å²) in [5.41, 5.74) is 3.71. The Hall–Kier alpha value is -4.78. The number of methoxy groups -OCH3 is 2. The molecule has 1 atom stereocenters. The predicted molar refractivity (Wildman–Crippen MR) is 197 cm³/mol. The summed E-state index contributed by atoms with van der Waals surface area (Å²) in [6, 6.07) is 26.0. The number of alkyl halides is 3. The van der Waals surface area contributed by atoms with Gasteiger partial charge in [-0.1, -0.05) is 70.9 Å². The number of amides is 1. The lowest BCUT2D eigenvalue weighted by Gasteiger charge is -2.38. The van der Waals surface area contributed by atoms with Gasteiger partial charge in [0.05, 0.1) is 30.8 Å². The van der Waals surface area contributed by atoms with Crippen molar-refractivity contribution in [3.05, 3.63) is 140 Å². The first-order valence-corrected chi connectivity index (χ1v) is 18.0. The van der Waals surface area contributed by atoms with Crippen molar-refractivity contribution in [3.63, 3.8) is 0 Å². The lowest BCUT2D eigenvalue weighted by molar-refractivity contribution is -0.137. The molecule has 1 aliphatic heterocycles. The van der Waals surface area contributed by atoms with Gasteiger partial charge in [-0.15, -0.1) is 11.3 Å². The molecule has 1 amide bonds. The largest absolute Gasteiger partial charge is 0.493 e. The first-order valence-electron chi connectivity index (χ1n) is 16.0. The first-order chi connectivity index (χ1) is 24.9. The number of rotatable bonds is 6. The summed E-state index contributed by atoms with van der Waals surface area (Å²) in [6.45, 7) is 4.28. The highest BCUT2D eigenvalue weighted by atomic mass is 35.5. The third kappa shape index (κ3) is 7.84. The van der Waals surface area contributed by atoms with E-state index in [0.717, 1.165) is 50.9 Å². The van der Waals surface area contributed by atoms with E-state index in [9.17, 15) is 22.8 Å². The minimum absolute atomic E-state index is 0.0480. The number of aryl methyl sites for hydroxylation is 2. The molecule has 52 heavy (non-hydrogen) atoms. The van der Waals surface area contributed by atoms with Gasteiger partial charge in [0.15, 0.2) is 17.2 Å². The quantitative estimate of drug-likeness (QED) is 0.156. The van der Waals surface area contributed by atoms with Gasteiger partial charge in [-0.2, -0.15) is 13.2 Å². The number of carbonyl (C=O) groups is 2. The Balaban J connectivity index is 0.000000208. The first kappa shape index (κ1) is 37.0. The molecule has 268 valence electrons. The summed E-state index contributed by atoms with van der Waals surface area (Å²) in [5.74, 6) is 1.77. The van der Waals surface area contributed by atoms with E-state index in [2.05, 4.69) is 30.3 Å². The zero-order chi connectivity index (χ0) is 37.2. The van der Waals surface area contributed by atoms with Gasteiger partial charge in [0.1, 0.15) is 10.6 Å². The smallest absolute Gasteiger partial charge is 0.416 e. The van der Waals surface area contributed by atoms with Crippen molar-refractivity contribution in [1.82, 2.24) is 10.1 Å². The van der Waals surface area contributed by atoms with Crippen LogP contribution in [0.25, 0.3) is 10.1 Å². The molecule has 7 nitrogen and oxygen atoms in total. The summed E-state index contributed by atoms with van der Waals surface area (Å²) in [6.07, 6.45) is -3.70. The lowest BCUT2D eigenvalue weighted by Crippen LogP contribution is -2.40. The van der Waals surface area contributed by atoms with Crippen molar-refractivity contribution in [2.24, 2.45) is 0 Å². The Labute approximate surface area is 311 Å². The third-order valence-corrected chi connectivity index (χ3v) is 11.0. The van der Waals surface area contributed by atoms with E-state index in [1.54, 1.807) is 21.1 Å². The summed E-state index contributed by atoms with van der Waals surface area (Å²) in [4.78, 5) is 28.4. The van der Waals surface area contributed by atoms with Crippen molar-refractivity contribution in [1.29, 1.82) is 0 Å². The molecular formula is C39H32ClF3N2O5S2. The molecule has 0 fully saturated rings. The van der Waals surface area contributed by atoms with Crippen LogP contribution in [0.3, 0.4) is 0 Å². The van der Waals surface area contributed by atoms with Crippen molar-refractivity contribution in [2.75, 3.05) is 20.8 Å². The van der Waals surface area contributed by atoms with Gasteiger partial charge in [-0.05, 0) is 85.1 Å². The van der Waals surface area contributed by atoms with Gasteiger partial charge in [0.25, 0.3) is 5.91 Å². The highest BCUT2D eigenvalue weighted by Gasteiger charge is 2.36. The number of hydrogen-bond acceptors (Lipinski definition) is 8. The molecule has 7 rings (SSSR count). The number of benzene rings is 4. The Morgan fingerprint density at radius 2 is 1.67 bits per heavy atom. The Bertz CT molecular complexity index is 2270. The number of hydrogen-bond donors (Lipinski definition) is 0. The van der Waals surface area contributed by atoms with Crippen LogP contribution >= 0.6 is 34.7 Å². The molecule has 0 saturated carbocycles. The maximum absolute atomic E-state index is 13.9. The van der Waals surface area contributed by atoms with Crippen LogP contribution in [0.2, 0.25) is 5.02 Å².